The fourth-order valence-electron chi connectivity index (χ4n) is 1.04. The van der Waals surface area contributed by atoms with Gasteiger partial charge >= 0.3 is 5.97 Å². The summed E-state index contributed by atoms with van der Waals surface area (Å²) >= 11 is 1.21. The highest BCUT2D eigenvalue weighted by Crippen LogP contribution is 2.19. The molecule has 0 fully saturated rings. The highest BCUT2D eigenvalue weighted by Gasteiger charge is 2.16. The maximum absolute atomic E-state index is 11.5. The smallest absolute Gasteiger partial charge is 0.316 e. The molecular weight excluding hydrogens is 240 g/mol. The molecule has 0 saturated heterocycles. The lowest BCUT2D eigenvalue weighted by atomic mass is 10.2. The molecule has 0 aliphatic carbocycles. The van der Waals surface area contributed by atoms with Gasteiger partial charge in [0.1, 0.15) is 16.4 Å². The van der Waals surface area contributed by atoms with Crippen molar-refractivity contribution in [1.82, 2.24) is 9.97 Å². The van der Waals surface area contributed by atoms with E-state index < -0.39 is 5.60 Å². The second-order valence-corrected chi connectivity index (χ2v) is 5.36. The van der Waals surface area contributed by atoms with Crippen LogP contribution in [0.15, 0.2) is 11.1 Å². The van der Waals surface area contributed by atoms with Crippen molar-refractivity contribution in [3.05, 3.63) is 6.07 Å². The number of hydrogen-bond donors (Lipinski definition) is 2. The van der Waals surface area contributed by atoms with Gasteiger partial charge in [0.25, 0.3) is 0 Å². The summed E-state index contributed by atoms with van der Waals surface area (Å²) in [6.45, 7) is 5.45. The van der Waals surface area contributed by atoms with Gasteiger partial charge in [0.15, 0.2) is 0 Å². The number of nitrogens with zero attached hydrogens (tertiary/aromatic N) is 2. The van der Waals surface area contributed by atoms with E-state index in [4.69, 9.17) is 16.2 Å². The number of thioether (sulfide) groups is 1. The summed E-state index contributed by atoms with van der Waals surface area (Å²) in [6.07, 6.45) is 0. The number of ether oxygens (including phenoxy) is 1. The van der Waals surface area contributed by atoms with Crippen LogP contribution in [0.5, 0.6) is 0 Å². The number of esters is 1. The Morgan fingerprint density at radius 3 is 2.59 bits per heavy atom. The second kappa shape index (κ2) is 5.22. The predicted octanol–water partition coefficient (Wildman–Crippen LogP) is 1.07. The fourth-order valence-corrected chi connectivity index (χ4v) is 1.73. The van der Waals surface area contributed by atoms with Crippen molar-refractivity contribution in [2.45, 2.75) is 31.4 Å². The molecule has 6 nitrogen and oxygen atoms in total. The van der Waals surface area contributed by atoms with Gasteiger partial charge in [-0.1, -0.05) is 11.8 Å². The highest BCUT2D eigenvalue weighted by molar-refractivity contribution is 7.99. The van der Waals surface area contributed by atoms with E-state index in [0.717, 1.165) is 0 Å². The van der Waals surface area contributed by atoms with Crippen LogP contribution < -0.4 is 11.5 Å². The normalized spacial score (nSPS) is 11.2. The summed E-state index contributed by atoms with van der Waals surface area (Å²) in [6, 6.07) is 1.56. The molecule has 0 bridgehead atoms. The zero-order valence-corrected chi connectivity index (χ0v) is 10.9. The van der Waals surface area contributed by atoms with Crippen molar-refractivity contribution in [3.8, 4) is 0 Å². The van der Waals surface area contributed by atoms with Crippen molar-refractivity contribution in [2.75, 3.05) is 17.2 Å². The van der Waals surface area contributed by atoms with Gasteiger partial charge in [-0.2, -0.15) is 4.98 Å². The molecule has 0 spiro atoms. The summed E-state index contributed by atoms with van der Waals surface area (Å²) in [5.74, 6) is 0.229. The minimum atomic E-state index is -0.485. The number of carbonyl (C=O) groups is 1. The van der Waals surface area contributed by atoms with E-state index in [2.05, 4.69) is 9.97 Å². The molecule has 1 rings (SSSR count). The average Bonchev–Trinajstić information content (AvgIpc) is 2.10. The van der Waals surface area contributed by atoms with Crippen molar-refractivity contribution < 1.29 is 9.53 Å². The van der Waals surface area contributed by atoms with Crippen LogP contribution in [0, 0.1) is 0 Å². The molecule has 1 heterocycles. The zero-order chi connectivity index (χ0) is 13.1. The summed E-state index contributed by atoms with van der Waals surface area (Å²) in [4.78, 5) is 19.1. The molecule has 7 heteroatoms. The van der Waals surface area contributed by atoms with E-state index in [-0.39, 0.29) is 23.5 Å². The Bertz CT molecular complexity index is 397. The Kier molecular flexibility index (Phi) is 4.17. The molecule has 4 N–H and O–H groups in total. The minimum Gasteiger partial charge on any atom is -0.459 e. The molecule has 0 saturated carbocycles. The lowest BCUT2D eigenvalue weighted by molar-refractivity contribution is -0.151. The van der Waals surface area contributed by atoms with Crippen LogP contribution in [-0.2, 0) is 9.53 Å². The summed E-state index contributed by atoms with van der Waals surface area (Å²) in [5, 5.41) is 0.556. The molecule has 0 amide bonds. The number of hydrogen-bond acceptors (Lipinski definition) is 7. The lowest BCUT2D eigenvalue weighted by Crippen LogP contribution is -2.24. The molecule has 0 aromatic carbocycles. The first-order chi connectivity index (χ1) is 7.76. The maximum Gasteiger partial charge on any atom is 0.316 e. The highest BCUT2D eigenvalue weighted by atomic mass is 32.2. The van der Waals surface area contributed by atoms with Crippen LogP contribution in [0.4, 0.5) is 11.8 Å². The van der Waals surface area contributed by atoms with Gasteiger partial charge in [0.05, 0.1) is 5.75 Å². The van der Waals surface area contributed by atoms with Crippen molar-refractivity contribution >= 4 is 29.5 Å². The quantitative estimate of drug-likeness (QED) is 0.473. The molecule has 0 unspecified atom stereocenters. The number of rotatable bonds is 3. The Morgan fingerprint density at radius 1 is 1.41 bits per heavy atom. The minimum absolute atomic E-state index is 0.0942. The van der Waals surface area contributed by atoms with E-state index in [0.29, 0.717) is 5.03 Å². The van der Waals surface area contributed by atoms with E-state index in [1.54, 1.807) is 6.07 Å². The van der Waals surface area contributed by atoms with Crippen LogP contribution in [0.2, 0.25) is 0 Å². The molecular formula is C10H16N4O2S. The molecule has 94 valence electrons. The van der Waals surface area contributed by atoms with Crippen molar-refractivity contribution in [1.29, 1.82) is 0 Å². The average molecular weight is 256 g/mol. The van der Waals surface area contributed by atoms with E-state index in [9.17, 15) is 4.79 Å². The summed E-state index contributed by atoms with van der Waals surface area (Å²) in [5.41, 5.74) is 10.5. The monoisotopic (exact) mass is 256 g/mol. The van der Waals surface area contributed by atoms with Crippen LogP contribution in [-0.4, -0.2) is 27.3 Å². The summed E-state index contributed by atoms with van der Waals surface area (Å²) < 4.78 is 5.15. The van der Waals surface area contributed by atoms with E-state index >= 15 is 0 Å². The number of aromatic nitrogens is 2. The number of nitrogen functional groups attached to an aromatic ring is 2. The largest absolute Gasteiger partial charge is 0.459 e. The zero-order valence-electron chi connectivity index (χ0n) is 10.1. The fraction of sp³-hybridized carbons (Fsp3) is 0.500. The SMILES string of the molecule is CC(C)(C)OC(=O)CSc1cc(N)nc(N)n1. The van der Waals surface area contributed by atoms with E-state index in [1.807, 2.05) is 20.8 Å². The first-order valence-electron chi connectivity index (χ1n) is 5.01. The predicted molar refractivity (Wildman–Crippen MR) is 67.4 cm³/mol. The van der Waals surface area contributed by atoms with Crippen LogP contribution in [0.3, 0.4) is 0 Å². The van der Waals surface area contributed by atoms with Gasteiger partial charge in [0.2, 0.25) is 5.95 Å². The molecule has 1 aromatic heterocycles. The molecule has 17 heavy (non-hydrogen) atoms. The van der Waals surface area contributed by atoms with Crippen LogP contribution >= 0.6 is 11.8 Å². The standard InChI is InChI=1S/C10H16N4O2S/c1-10(2,3)16-8(15)5-17-7-4-6(11)13-9(12)14-7/h4H,5H2,1-3H3,(H4,11,12,13,14). The third-order valence-electron chi connectivity index (χ3n) is 1.50. The first-order valence-corrected chi connectivity index (χ1v) is 5.99. The molecule has 0 atom stereocenters. The first kappa shape index (κ1) is 13.6. The molecule has 0 radical (unpaired) electrons. The van der Waals surface area contributed by atoms with Gasteiger partial charge in [-0.3, -0.25) is 4.79 Å². The van der Waals surface area contributed by atoms with Crippen molar-refractivity contribution in [2.24, 2.45) is 0 Å². The lowest BCUT2D eigenvalue weighted by Gasteiger charge is -2.19. The van der Waals surface area contributed by atoms with Gasteiger partial charge in [-0.25, -0.2) is 4.98 Å². The third-order valence-corrected chi connectivity index (χ3v) is 2.38. The topological polar surface area (TPSA) is 104 Å². The number of anilines is 2. The Labute approximate surface area is 104 Å². The molecule has 1 aromatic rings. The van der Waals surface area contributed by atoms with E-state index in [1.165, 1.54) is 11.8 Å². The van der Waals surface area contributed by atoms with Gasteiger partial charge in [-0.05, 0) is 20.8 Å². The van der Waals surface area contributed by atoms with Gasteiger partial charge in [0, 0.05) is 6.07 Å². The third kappa shape index (κ3) is 5.39. The molecule has 0 aliphatic heterocycles. The Morgan fingerprint density at radius 2 is 2.06 bits per heavy atom. The van der Waals surface area contributed by atoms with Gasteiger partial charge in [-0.15, -0.1) is 0 Å². The Hall–Kier alpha value is -1.50. The Balaban J connectivity index is 2.53. The van der Waals surface area contributed by atoms with Crippen LogP contribution in [0.25, 0.3) is 0 Å². The van der Waals surface area contributed by atoms with Crippen LogP contribution in [0.1, 0.15) is 20.8 Å². The van der Waals surface area contributed by atoms with Crippen molar-refractivity contribution in [3.63, 3.8) is 0 Å². The number of carbonyl (C=O) groups excluding carboxylic acids is 1. The van der Waals surface area contributed by atoms with Gasteiger partial charge < -0.3 is 16.2 Å². The maximum atomic E-state index is 11.5. The summed E-state index contributed by atoms with van der Waals surface area (Å²) in [7, 11) is 0. The number of nitrogens with two attached hydrogens (primary N) is 2. The second-order valence-electron chi connectivity index (χ2n) is 4.36. The molecule has 0 aliphatic rings.